The van der Waals surface area contributed by atoms with Gasteiger partial charge in [-0.05, 0) is 44.5 Å². The van der Waals surface area contributed by atoms with Gasteiger partial charge in [-0.15, -0.1) is 11.8 Å². The zero-order chi connectivity index (χ0) is 16.0. The third kappa shape index (κ3) is 6.09. The molecule has 0 saturated carbocycles. The molecule has 0 heterocycles. The van der Waals surface area contributed by atoms with Crippen molar-refractivity contribution in [3.63, 3.8) is 0 Å². The molecule has 0 aliphatic heterocycles. The molecular weight excluding hydrogens is 354 g/mol. The Morgan fingerprint density at radius 3 is 2.38 bits per heavy atom. The van der Waals surface area contributed by atoms with Crippen molar-refractivity contribution in [1.29, 1.82) is 0 Å². The molecule has 0 spiro atoms. The Morgan fingerprint density at radius 1 is 1.29 bits per heavy atom. The molecule has 0 unspecified atom stereocenters. The molecule has 1 N–H and O–H groups in total. The number of carboxylic acids is 1. The third-order valence-electron chi connectivity index (χ3n) is 2.93. The van der Waals surface area contributed by atoms with Gasteiger partial charge in [-0.3, -0.25) is 9.59 Å². The molecule has 1 rings (SSSR count). The summed E-state index contributed by atoms with van der Waals surface area (Å²) in [6, 6.07) is 7.82. The molecule has 0 radical (unpaired) electrons. The maximum atomic E-state index is 12.5. The highest BCUT2D eigenvalue weighted by molar-refractivity contribution is 9.10. The van der Waals surface area contributed by atoms with E-state index in [1.807, 2.05) is 38.1 Å². The van der Waals surface area contributed by atoms with Gasteiger partial charge in [0.2, 0.25) is 5.91 Å². The van der Waals surface area contributed by atoms with Crippen molar-refractivity contribution in [3.8, 4) is 0 Å². The lowest BCUT2D eigenvalue weighted by atomic mass is 10.1. The number of rotatable bonds is 7. The summed E-state index contributed by atoms with van der Waals surface area (Å²) in [6.45, 7) is 4.22. The molecule has 0 aliphatic rings. The smallest absolute Gasteiger partial charge is 0.303 e. The fraction of sp³-hybridized carbons (Fsp3) is 0.467. The molecule has 0 atom stereocenters. The van der Waals surface area contributed by atoms with Crippen LogP contribution in [0.2, 0.25) is 0 Å². The first-order chi connectivity index (χ1) is 9.72. The summed E-state index contributed by atoms with van der Waals surface area (Å²) in [4.78, 5) is 25.6. The lowest BCUT2D eigenvalue weighted by Crippen LogP contribution is -2.41. The van der Waals surface area contributed by atoms with Crippen LogP contribution in [-0.4, -0.2) is 40.2 Å². The summed E-state index contributed by atoms with van der Waals surface area (Å²) >= 11 is 4.89. The van der Waals surface area contributed by atoms with Crippen LogP contribution < -0.4 is 0 Å². The number of hydrogen-bond donors (Lipinski definition) is 1. The minimum Gasteiger partial charge on any atom is -0.481 e. The summed E-state index contributed by atoms with van der Waals surface area (Å²) in [5.41, 5.74) is 0. The second-order valence-electron chi connectivity index (χ2n) is 5.29. The second kappa shape index (κ2) is 7.84. The number of amides is 1. The van der Waals surface area contributed by atoms with Gasteiger partial charge in [-0.2, -0.15) is 0 Å². The van der Waals surface area contributed by atoms with Crippen molar-refractivity contribution in [2.45, 2.75) is 36.3 Å². The Balaban J connectivity index is 2.61. The van der Waals surface area contributed by atoms with E-state index in [9.17, 15) is 9.59 Å². The maximum absolute atomic E-state index is 12.5. The molecule has 21 heavy (non-hydrogen) atoms. The van der Waals surface area contributed by atoms with E-state index in [0.717, 1.165) is 9.37 Å². The van der Waals surface area contributed by atoms with Gasteiger partial charge < -0.3 is 10.0 Å². The predicted octanol–water partition coefficient (Wildman–Crippen LogP) is 3.64. The van der Waals surface area contributed by atoms with E-state index in [0.29, 0.717) is 13.0 Å². The fourth-order valence-electron chi connectivity index (χ4n) is 1.87. The van der Waals surface area contributed by atoms with E-state index in [4.69, 9.17) is 5.11 Å². The normalized spacial score (nSPS) is 11.2. The van der Waals surface area contributed by atoms with E-state index >= 15 is 0 Å². The van der Waals surface area contributed by atoms with Crippen LogP contribution in [0.4, 0.5) is 0 Å². The Bertz CT molecular complexity index is 502. The van der Waals surface area contributed by atoms with Gasteiger partial charge in [0.25, 0.3) is 0 Å². The molecular formula is C15H20BrNO3S. The number of carbonyl (C=O) groups excluding carboxylic acids is 1. The Morgan fingerprint density at radius 2 is 1.86 bits per heavy atom. The highest BCUT2D eigenvalue weighted by atomic mass is 79.9. The first-order valence-corrected chi connectivity index (χ1v) is 8.25. The van der Waals surface area contributed by atoms with E-state index in [1.54, 1.807) is 11.9 Å². The first kappa shape index (κ1) is 18.0. The summed E-state index contributed by atoms with van der Waals surface area (Å²) < 4.78 is 0.410. The number of carboxylic acid groups (broad SMARTS) is 1. The van der Waals surface area contributed by atoms with Crippen LogP contribution in [0.15, 0.2) is 33.6 Å². The lowest BCUT2D eigenvalue weighted by molar-refractivity contribution is -0.138. The van der Waals surface area contributed by atoms with E-state index in [2.05, 4.69) is 15.9 Å². The highest BCUT2D eigenvalue weighted by Crippen LogP contribution is 2.34. The molecule has 0 aromatic heterocycles. The zero-order valence-electron chi connectivity index (χ0n) is 12.4. The molecule has 6 heteroatoms. The van der Waals surface area contributed by atoms with Crippen molar-refractivity contribution in [2.24, 2.45) is 0 Å². The van der Waals surface area contributed by atoms with Crippen molar-refractivity contribution >= 4 is 39.6 Å². The monoisotopic (exact) mass is 373 g/mol. The van der Waals surface area contributed by atoms with Gasteiger partial charge in [0.15, 0.2) is 0 Å². The quantitative estimate of drug-likeness (QED) is 0.741. The summed E-state index contributed by atoms with van der Waals surface area (Å²) in [7, 11) is 1.72. The molecule has 116 valence electrons. The minimum absolute atomic E-state index is 0.000748. The zero-order valence-corrected chi connectivity index (χ0v) is 14.8. The largest absolute Gasteiger partial charge is 0.481 e. The van der Waals surface area contributed by atoms with Crippen LogP contribution in [0.1, 0.15) is 26.7 Å². The molecule has 0 fully saturated rings. The van der Waals surface area contributed by atoms with Crippen molar-refractivity contribution in [1.82, 2.24) is 4.90 Å². The van der Waals surface area contributed by atoms with Crippen molar-refractivity contribution < 1.29 is 14.7 Å². The van der Waals surface area contributed by atoms with Crippen LogP contribution in [0.25, 0.3) is 0 Å². The number of benzene rings is 1. The SMILES string of the molecule is CN(CCCC(=O)O)C(=O)C(C)(C)Sc1ccc(Br)cc1. The van der Waals surface area contributed by atoms with Crippen molar-refractivity contribution in [3.05, 3.63) is 28.7 Å². The van der Waals surface area contributed by atoms with Gasteiger partial charge in [-0.25, -0.2) is 0 Å². The topological polar surface area (TPSA) is 57.6 Å². The Labute approximate surface area is 138 Å². The highest BCUT2D eigenvalue weighted by Gasteiger charge is 2.31. The molecule has 0 bridgehead atoms. The summed E-state index contributed by atoms with van der Waals surface area (Å²) in [5.74, 6) is -0.833. The number of aliphatic carboxylic acids is 1. The Hall–Kier alpha value is -1.01. The van der Waals surface area contributed by atoms with Crippen LogP contribution in [-0.2, 0) is 9.59 Å². The summed E-state index contributed by atoms with van der Waals surface area (Å²) in [5, 5.41) is 8.63. The van der Waals surface area contributed by atoms with E-state index < -0.39 is 10.7 Å². The van der Waals surface area contributed by atoms with Gasteiger partial charge in [0, 0.05) is 29.4 Å². The fourth-order valence-corrected chi connectivity index (χ4v) is 3.24. The van der Waals surface area contributed by atoms with Gasteiger partial charge in [-0.1, -0.05) is 15.9 Å². The molecule has 1 aromatic carbocycles. The molecule has 1 aromatic rings. The lowest BCUT2D eigenvalue weighted by Gasteiger charge is -2.29. The van der Waals surface area contributed by atoms with E-state index in [1.165, 1.54) is 11.8 Å². The van der Waals surface area contributed by atoms with Gasteiger partial charge in [0.05, 0.1) is 4.75 Å². The maximum Gasteiger partial charge on any atom is 0.303 e. The third-order valence-corrected chi connectivity index (χ3v) is 4.65. The van der Waals surface area contributed by atoms with Crippen LogP contribution in [0, 0.1) is 0 Å². The molecule has 1 amide bonds. The number of hydrogen-bond acceptors (Lipinski definition) is 3. The molecule has 0 saturated heterocycles. The average Bonchev–Trinajstić information content (AvgIpc) is 2.39. The molecule has 0 aliphatic carbocycles. The van der Waals surface area contributed by atoms with Crippen LogP contribution in [0.5, 0.6) is 0 Å². The standard InChI is InChI=1S/C15H20BrNO3S/c1-15(2,21-12-8-6-11(16)7-9-12)14(20)17(3)10-4-5-13(18)19/h6-9H,4-5,10H2,1-3H3,(H,18,19). The van der Waals surface area contributed by atoms with Crippen molar-refractivity contribution in [2.75, 3.05) is 13.6 Å². The number of halogens is 1. The average molecular weight is 374 g/mol. The first-order valence-electron chi connectivity index (χ1n) is 6.64. The molecule has 4 nitrogen and oxygen atoms in total. The van der Waals surface area contributed by atoms with E-state index in [-0.39, 0.29) is 12.3 Å². The van der Waals surface area contributed by atoms with Gasteiger partial charge in [0.1, 0.15) is 0 Å². The number of nitrogens with zero attached hydrogens (tertiary/aromatic N) is 1. The summed E-state index contributed by atoms with van der Waals surface area (Å²) in [6.07, 6.45) is 0.550. The van der Waals surface area contributed by atoms with Crippen LogP contribution in [0.3, 0.4) is 0 Å². The predicted molar refractivity (Wildman–Crippen MR) is 88.6 cm³/mol. The second-order valence-corrected chi connectivity index (χ2v) is 7.90. The van der Waals surface area contributed by atoms with Crippen LogP contribution >= 0.6 is 27.7 Å². The number of thioether (sulfide) groups is 1. The Kier molecular flexibility index (Phi) is 6.74. The minimum atomic E-state index is -0.834. The number of carbonyl (C=O) groups is 2. The van der Waals surface area contributed by atoms with Gasteiger partial charge >= 0.3 is 5.97 Å².